The third-order valence-corrected chi connectivity index (χ3v) is 6.29. The molecule has 1 unspecified atom stereocenters. The highest BCUT2D eigenvalue weighted by molar-refractivity contribution is 7.91. The fourth-order valence-electron chi connectivity index (χ4n) is 2.25. The molecule has 1 N–H and O–H groups in total. The van der Waals surface area contributed by atoms with Gasteiger partial charge in [-0.25, -0.2) is 13.4 Å². The molecule has 0 spiro atoms. The summed E-state index contributed by atoms with van der Waals surface area (Å²) in [6, 6.07) is 0. The summed E-state index contributed by atoms with van der Waals surface area (Å²) in [7, 11) is -2.92. The first-order valence-corrected chi connectivity index (χ1v) is 8.42. The van der Waals surface area contributed by atoms with Crippen LogP contribution in [-0.2, 0) is 15.4 Å². The molecule has 4 nitrogen and oxygen atoms in total. The molecule has 0 aromatic carbocycles. The lowest BCUT2D eigenvalue weighted by Gasteiger charge is -2.26. The molecule has 96 valence electrons. The number of sulfone groups is 1. The van der Waals surface area contributed by atoms with Crippen LogP contribution in [0, 0.1) is 13.8 Å². The van der Waals surface area contributed by atoms with Gasteiger partial charge < -0.3 is 5.32 Å². The number of aryl methyl sites for hydroxylation is 2. The lowest BCUT2D eigenvalue weighted by atomic mass is 10.00. The third-order valence-electron chi connectivity index (χ3n) is 3.26. The van der Waals surface area contributed by atoms with E-state index in [4.69, 9.17) is 0 Å². The van der Waals surface area contributed by atoms with E-state index in [2.05, 4.69) is 10.3 Å². The van der Waals surface area contributed by atoms with Crippen LogP contribution in [0.1, 0.15) is 28.9 Å². The van der Waals surface area contributed by atoms with Crippen molar-refractivity contribution in [3.63, 3.8) is 0 Å². The van der Waals surface area contributed by atoms with Gasteiger partial charge in [-0.05, 0) is 26.8 Å². The summed E-state index contributed by atoms with van der Waals surface area (Å²) in [6.45, 7) is 6.76. The van der Waals surface area contributed by atoms with Gasteiger partial charge in [-0.1, -0.05) is 6.92 Å². The molecule has 1 aliphatic heterocycles. The molecule has 2 rings (SSSR count). The summed E-state index contributed by atoms with van der Waals surface area (Å²) in [5.41, 5.74) is 0.559. The standard InChI is InChI=1S/C11H18N2O2S2/c1-4-12-11(5-6-17(14,15)7-11)10-13-8(2)9(3)16-10/h12H,4-7H2,1-3H3. The van der Waals surface area contributed by atoms with Crippen LogP contribution in [0.4, 0.5) is 0 Å². The van der Waals surface area contributed by atoms with Gasteiger partial charge in [-0.3, -0.25) is 0 Å². The fraction of sp³-hybridized carbons (Fsp3) is 0.727. The van der Waals surface area contributed by atoms with Crippen molar-refractivity contribution in [2.45, 2.75) is 32.7 Å². The quantitative estimate of drug-likeness (QED) is 0.905. The molecule has 6 heteroatoms. The zero-order valence-electron chi connectivity index (χ0n) is 10.4. The second-order valence-electron chi connectivity index (χ2n) is 4.62. The van der Waals surface area contributed by atoms with Gasteiger partial charge in [-0.15, -0.1) is 11.3 Å². The van der Waals surface area contributed by atoms with E-state index in [0.29, 0.717) is 6.42 Å². The van der Waals surface area contributed by atoms with Crippen molar-refractivity contribution in [2.24, 2.45) is 0 Å². The van der Waals surface area contributed by atoms with Crippen LogP contribution in [0.15, 0.2) is 0 Å². The molecule has 0 bridgehead atoms. The van der Waals surface area contributed by atoms with Crippen LogP contribution in [0.25, 0.3) is 0 Å². The van der Waals surface area contributed by atoms with Gasteiger partial charge in [0, 0.05) is 4.88 Å². The van der Waals surface area contributed by atoms with E-state index in [-0.39, 0.29) is 11.5 Å². The third kappa shape index (κ3) is 2.39. The number of rotatable bonds is 3. The van der Waals surface area contributed by atoms with Crippen molar-refractivity contribution in [2.75, 3.05) is 18.1 Å². The van der Waals surface area contributed by atoms with E-state index < -0.39 is 15.4 Å². The van der Waals surface area contributed by atoms with Gasteiger partial charge in [0.25, 0.3) is 0 Å². The summed E-state index contributed by atoms with van der Waals surface area (Å²) in [5.74, 6) is 0.442. The van der Waals surface area contributed by atoms with E-state index >= 15 is 0 Å². The average Bonchev–Trinajstić information content (AvgIpc) is 2.71. The second kappa shape index (κ2) is 4.33. The molecule has 1 aromatic heterocycles. The maximum absolute atomic E-state index is 11.7. The fourth-order valence-corrected chi connectivity index (χ4v) is 5.39. The Balaban J connectivity index is 2.42. The highest BCUT2D eigenvalue weighted by Crippen LogP contribution is 2.36. The first kappa shape index (κ1) is 13.0. The van der Waals surface area contributed by atoms with Crippen LogP contribution < -0.4 is 5.32 Å². The van der Waals surface area contributed by atoms with Crippen molar-refractivity contribution in [3.8, 4) is 0 Å². The van der Waals surface area contributed by atoms with Crippen molar-refractivity contribution in [1.82, 2.24) is 10.3 Å². The molecule has 1 aromatic rings. The topological polar surface area (TPSA) is 59.1 Å². The van der Waals surface area contributed by atoms with Crippen molar-refractivity contribution >= 4 is 21.2 Å². The Morgan fingerprint density at radius 1 is 1.47 bits per heavy atom. The Labute approximate surface area is 106 Å². The summed E-state index contributed by atoms with van der Waals surface area (Å²) in [4.78, 5) is 5.71. The van der Waals surface area contributed by atoms with Crippen LogP contribution in [-0.4, -0.2) is 31.5 Å². The number of nitrogens with one attached hydrogen (secondary N) is 1. The Bertz CT molecular complexity index is 502. The summed E-state index contributed by atoms with van der Waals surface area (Å²) >= 11 is 1.61. The summed E-state index contributed by atoms with van der Waals surface area (Å²) < 4.78 is 23.4. The SMILES string of the molecule is CCNC1(c2nc(C)c(C)s2)CCS(=O)(=O)C1. The minimum absolute atomic E-state index is 0.181. The van der Waals surface area contributed by atoms with Gasteiger partial charge in [0.1, 0.15) is 5.01 Å². The smallest absolute Gasteiger partial charge is 0.152 e. The van der Waals surface area contributed by atoms with Gasteiger partial charge in [0.05, 0.1) is 22.7 Å². The van der Waals surface area contributed by atoms with Gasteiger partial charge >= 0.3 is 0 Å². The lowest BCUT2D eigenvalue weighted by Crippen LogP contribution is -2.43. The molecule has 1 aliphatic rings. The summed E-state index contributed by atoms with van der Waals surface area (Å²) in [5, 5.41) is 4.27. The summed E-state index contributed by atoms with van der Waals surface area (Å²) in [6.07, 6.45) is 0.634. The maximum atomic E-state index is 11.7. The van der Waals surface area contributed by atoms with Crippen molar-refractivity contribution < 1.29 is 8.42 Å². The molecule has 0 amide bonds. The highest BCUT2D eigenvalue weighted by atomic mass is 32.2. The number of aromatic nitrogens is 1. The van der Waals surface area contributed by atoms with Crippen molar-refractivity contribution in [1.29, 1.82) is 0 Å². The molecule has 0 saturated carbocycles. The zero-order valence-corrected chi connectivity index (χ0v) is 12.0. The number of hydrogen-bond donors (Lipinski definition) is 1. The number of hydrogen-bond acceptors (Lipinski definition) is 5. The van der Waals surface area contributed by atoms with Gasteiger partial charge in [-0.2, -0.15) is 0 Å². The first-order chi connectivity index (χ1) is 7.88. The minimum atomic E-state index is -2.92. The minimum Gasteiger partial charge on any atom is -0.305 e. The average molecular weight is 274 g/mol. The predicted molar refractivity (Wildman–Crippen MR) is 70.2 cm³/mol. The number of nitrogens with zero attached hydrogens (tertiary/aromatic N) is 1. The van der Waals surface area contributed by atoms with E-state index in [1.165, 1.54) is 4.88 Å². The van der Waals surface area contributed by atoms with Crippen LogP contribution in [0.3, 0.4) is 0 Å². The molecular formula is C11H18N2O2S2. The molecule has 17 heavy (non-hydrogen) atoms. The van der Waals surface area contributed by atoms with Gasteiger partial charge in [0.2, 0.25) is 0 Å². The Kier molecular flexibility index (Phi) is 3.31. The lowest BCUT2D eigenvalue weighted by molar-refractivity contribution is 0.383. The van der Waals surface area contributed by atoms with Gasteiger partial charge in [0.15, 0.2) is 9.84 Å². The van der Waals surface area contributed by atoms with Crippen LogP contribution in [0.5, 0.6) is 0 Å². The van der Waals surface area contributed by atoms with E-state index in [1.807, 2.05) is 20.8 Å². The van der Waals surface area contributed by atoms with Crippen LogP contribution >= 0.6 is 11.3 Å². The largest absolute Gasteiger partial charge is 0.305 e. The Morgan fingerprint density at radius 3 is 2.59 bits per heavy atom. The Hall–Kier alpha value is -0.460. The molecule has 0 aliphatic carbocycles. The van der Waals surface area contributed by atoms with E-state index in [9.17, 15) is 8.42 Å². The van der Waals surface area contributed by atoms with E-state index in [1.54, 1.807) is 11.3 Å². The normalized spacial score (nSPS) is 27.5. The highest BCUT2D eigenvalue weighted by Gasteiger charge is 2.45. The molecule has 1 fully saturated rings. The number of thiazole rings is 1. The van der Waals surface area contributed by atoms with Crippen molar-refractivity contribution in [3.05, 3.63) is 15.6 Å². The first-order valence-electron chi connectivity index (χ1n) is 5.78. The zero-order chi connectivity index (χ0) is 12.7. The molecule has 0 radical (unpaired) electrons. The molecular weight excluding hydrogens is 256 g/mol. The van der Waals surface area contributed by atoms with Crippen LogP contribution in [0.2, 0.25) is 0 Å². The second-order valence-corrected chi connectivity index (χ2v) is 8.00. The molecule has 2 heterocycles. The maximum Gasteiger partial charge on any atom is 0.152 e. The molecule has 1 saturated heterocycles. The Morgan fingerprint density at radius 2 is 2.18 bits per heavy atom. The molecule has 1 atom stereocenters. The van der Waals surface area contributed by atoms with E-state index in [0.717, 1.165) is 17.2 Å². The monoisotopic (exact) mass is 274 g/mol. The predicted octanol–water partition coefficient (Wildman–Crippen LogP) is 1.38.